The van der Waals surface area contributed by atoms with E-state index in [-0.39, 0.29) is 11.5 Å². The summed E-state index contributed by atoms with van der Waals surface area (Å²) in [5, 5.41) is 12.2. The van der Waals surface area contributed by atoms with Gasteiger partial charge in [-0.15, -0.1) is 0 Å². The van der Waals surface area contributed by atoms with Crippen molar-refractivity contribution in [1.29, 1.82) is 5.26 Å². The maximum absolute atomic E-state index is 12.3. The molecule has 1 aromatic carbocycles. The Hall–Kier alpha value is -2.32. The van der Waals surface area contributed by atoms with Crippen LogP contribution in [0.4, 0.5) is 5.69 Å². The summed E-state index contributed by atoms with van der Waals surface area (Å²) in [5.41, 5.74) is 2.13. The van der Waals surface area contributed by atoms with Crippen molar-refractivity contribution < 1.29 is 4.79 Å². The monoisotopic (exact) mass is 284 g/mol. The number of carbonyl (C=O) groups excluding carboxylic acids is 1. The van der Waals surface area contributed by atoms with Crippen LogP contribution in [-0.2, 0) is 4.79 Å². The third-order valence-corrected chi connectivity index (χ3v) is 3.54. The fourth-order valence-electron chi connectivity index (χ4n) is 2.21. The van der Waals surface area contributed by atoms with E-state index in [9.17, 15) is 10.1 Å². The molecule has 1 aliphatic heterocycles. The maximum Gasteiger partial charge on any atom is 0.266 e. The highest BCUT2D eigenvalue weighted by Crippen LogP contribution is 2.11. The van der Waals surface area contributed by atoms with Gasteiger partial charge in [0.1, 0.15) is 11.6 Å². The van der Waals surface area contributed by atoms with Gasteiger partial charge in [-0.25, -0.2) is 0 Å². The molecule has 0 atom stereocenters. The molecule has 21 heavy (non-hydrogen) atoms. The zero-order chi connectivity index (χ0) is 15.2. The van der Waals surface area contributed by atoms with E-state index in [2.05, 4.69) is 10.2 Å². The van der Waals surface area contributed by atoms with Crippen LogP contribution in [0.5, 0.6) is 0 Å². The smallest absolute Gasteiger partial charge is 0.266 e. The van der Waals surface area contributed by atoms with Gasteiger partial charge in [0.15, 0.2) is 0 Å². The predicted octanol–water partition coefficient (Wildman–Crippen LogP) is 1.59. The molecule has 1 heterocycles. The Balaban J connectivity index is 2.03. The van der Waals surface area contributed by atoms with Crippen molar-refractivity contribution in [2.24, 2.45) is 0 Å². The molecule has 1 saturated heterocycles. The first-order valence-corrected chi connectivity index (χ1v) is 7.01. The number of anilines is 1. The van der Waals surface area contributed by atoms with Crippen molar-refractivity contribution in [3.63, 3.8) is 0 Å². The van der Waals surface area contributed by atoms with Crippen LogP contribution in [0.1, 0.15) is 5.56 Å². The molecule has 110 valence electrons. The van der Waals surface area contributed by atoms with Crippen LogP contribution >= 0.6 is 0 Å². The summed E-state index contributed by atoms with van der Waals surface area (Å²) >= 11 is 0. The van der Waals surface area contributed by atoms with Gasteiger partial charge in [-0.3, -0.25) is 4.79 Å². The predicted molar refractivity (Wildman–Crippen MR) is 82.6 cm³/mol. The average molecular weight is 284 g/mol. The Morgan fingerprint density at radius 3 is 2.67 bits per heavy atom. The van der Waals surface area contributed by atoms with Crippen LogP contribution in [0.15, 0.2) is 36.0 Å². The lowest BCUT2D eigenvalue weighted by Crippen LogP contribution is -2.47. The molecule has 5 heteroatoms. The second-order valence-corrected chi connectivity index (χ2v) is 5.28. The van der Waals surface area contributed by atoms with Gasteiger partial charge >= 0.3 is 0 Å². The van der Waals surface area contributed by atoms with Crippen LogP contribution in [0.2, 0.25) is 0 Å². The molecule has 1 fully saturated rings. The number of aryl methyl sites for hydroxylation is 1. The second-order valence-electron chi connectivity index (χ2n) is 5.28. The lowest BCUT2D eigenvalue weighted by atomic mass is 10.2. The van der Waals surface area contributed by atoms with Crippen LogP contribution < -0.4 is 5.32 Å². The van der Waals surface area contributed by atoms with Gasteiger partial charge in [-0.1, -0.05) is 12.1 Å². The fraction of sp³-hybridized carbons (Fsp3) is 0.375. The zero-order valence-corrected chi connectivity index (χ0v) is 12.5. The summed E-state index contributed by atoms with van der Waals surface area (Å²) in [4.78, 5) is 16.2. The van der Waals surface area contributed by atoms with E-state index in [0.29, 0.717) is 13.1 Å². The number of rotatable bonds is 3. The van der Waals surface area contributed by atoms with E-state index < -0.39 is 0 Å². The first-order chi connectivity index (χ1) is 10.1. The Morgan fingerprint density at radius 1 is 1.33 bits per heavy atom. The molecule has 2 rings (SSSR count). The summed E-state index contributed by atoms with van der Waals surface area (Å²) in [7, 11) is 2.03. The van der Waals surface area contributed by atoms with E-state index in [1.165, 1.54) is 6.20 Å². The summed E-state index contributed by atoms with van der Waals surface area (Å²) in [6, 6.07) is 9.78. The highest BCUT2D eigenvalue weighted by molar-refractivity contribution is 5.97. The third kappa shape index (κ3) is 4.07. The number of nitrogens with zero attached hydrogens (tertiary/aromatic N) is 3. The first-order valence-electron chi connectivity index (χ1n) is 7.01. The number of nitrogens with one attached hydrogen (secondary N) is 1. The van der Waals surface area contributed by atoms with Gasteiger partial charge in [0.2, 0.25) is 0 Å². The van der Waals surface area contributed by atoms with Crippen molar-refractivity contribution >= 4 is 11.6 Å². The number of likely N-dealkylation sites (N-methyl/N-ethyl adjacent to an activating group) is 1. The molecule has 5 nitrogen and oxygen atoms in total. The highest BCUT2D eigenvalue weighted by Gasteiger charge is 2.21. The molecule has 0 bridgehead atoms. The van der Waals surface area contributed by atoms with Crippen LogP contribution in [-0.4, -0.2) is 48.9 Å². The number of benzene rings is 1. The minimum Gasteiger partial charge on any atom is -0.360 e. The number of hydrogen-bond acceptors (Lipinski definition) is 4. The molecule has 1 amide bonds. The van der Waals surface area contributed by atoms with Crippen LogP contribution in [0, 0.1) is 18.3 Å². The van der Waals surface area contributed by atoms with Crippen molar-refractivity contribution in [2.75, 3.05) is 38.5 Å². The zero-order valence-electron chi connectivity index (χ0n) is 12.5. The number of piperazine rings is 1. The van der Waals surface area contributed by atoms with Gasteiger partial charge in [0.05, 0.1) is 0 Å². The van der Waals surface area contributed by atoms with Gasteiger partial charge < -0.3 is 15.1 Å². The van der Waals surface area contributed by atoms with Crippen LogP contribution in [0.3, 0.4) is 0 Å². The molecular weight excluding hydrogens is 264 g/mol. The molecule has 0 unspecified atom stereocenters. The van der Waals surface area contributed by atoms with Crippen molar-refractivity contribution in [3.8, 4) is 6.07 Å². The summed E-state index contributed by atoms with van der Waals surface area (Å²) in [5.74, 6) is -0.203. The van der Waals surface area contributed by atoms with E-state index >= 15 is 0 Å². The highest BCUT2D eigenvalue weighted by atomic mass is 16.2. The van der Waals surface area contributed by atoms with E-state index in [0.717, 1.165) is 24.3 Å². The fourth-order valence-corrected chi connectivity index (χ4v) is 2.21. The SMILES string of the molecule is Cc1cccc(N/C=C(/C#N)C(=O)N2CCN(C)CC2)c1. The normalized spacial score (nSPS) is 16.4. The summed E-state index contributed by atoms with van der Waals surface area (Å²) in [6.45, 7) is 5.01. The molecule has 1 N–H and O–H groups in total. The summed E-state index contributed by atoms with van der Waals surface area (Å²) < 4.78 is 0. The van der Waals surface area contributed by atoms with E-state index in [1.807, 2.05) is 44.3 Å². The number of amides is 1. The number of hydrogen-bond donors (Lipinski definition) is 1. The van der Waals surface area contributed by atoms with Crippen molar-refractivity contribution in [2.45, 2.75) is 6.92 Å². The topological polar surface area (TPSA) is 59.4 Å². The molecule has 0 aromatic heterocycles. The second kappa shape index (κ2) is 6.91. The molecule has 0 aliphatic carbocycles. The minimum absolute atomic E-state index is 0.140. The lowest BCUT2D eigenvalue weighted by Gasteiger charge is -2.32. The Labute approximate surface area is 125 Å². The third-order valence-electron chi connectivity index (χ3n) is 3.54. The van der Waals surface area contributed by atoms with Crippen LogP contribution in [0.25, 0.3) is 0 Å². The van der Waals surface area contributed by atoms with Gasteiger partial charge in [0, 0.05) is 38.1 Å². The molecular formula is C16H20N4O. The quantitative estimate of drug-likeness (QED) is 0.676. The number of nitriles is 1. The number of carbonyl (C=O) groups is 1. The lowest BCUT2D eigenvalue weighted by molar-refractivity contribution is -0.128. The largest absolute Gasteiger partial charge is 0.360 e. The Bertz CT molecular complexity index is 580. The van der Waals surface area contributed by atoms with Crippen molar-refractivity contribution in [1.82, 2.24) is 9.80 Å². The first kappa shape index (κ1) is 15.1. The maximum atomic E-state index is 12.3. The molecule has 0 spiro atoms. The van der Waals surface area contributed by atoms with Crippen molar-refractivity contribution in [3.05, 3.63) is 41.6 Å². The summed E-state index contributed by atoms with van der Waals surface area (Å²) in [6.07, 6.45) is 1.50. The molecule has 0 radical (unpaired) electrons. The van der Waals surface area contributed by atoms with E-state index in [1.54, 1.807) is 4.90 Å². The Kier molecular flexibility index (Phi) is 4.96. The standard InChI is InChI=1S/C16H20N4O/c1-13-4-3-5-15(10-13)18-12-14(11-17)16(21)20-8-6-19(2)7-9-20/h3-5,10,12,18H,6-9H2,1-2H3/b14-12-. The Morgan fingerprint density at radius 2 is 2.05 bits per heavy atom. The molecule has 1 aromatic rings. The average Bonchev–Trinajstić information content (AvgIpc) is 2.48. The molecule has 0 saturated carbocycles. The van der Waals surface area contributed by atoms with E-state index in [4.69, 9.17) is 0 Å². The molecule has 1 aliphatic rings. The van der Waals surface area contributed by atoms with Gasteiger partial charge in [-0.05, 0) is 31.7 Å². The van der Waals surface area contributed by atoms with Gasteiger partial charge in [0.25, 0.3) is 5.91 Å². The van der Waals surface area contributed by atoms with Gasteiger partial charge in [-0.2, -0.15) is 5.26 Å². The minimum atomic E-state index is -0.203.